The van der Waals surface area contributed by atoms with E-state index >= 15 is 0 Å². The number of halogens is 2. The highest BCUT2D eigenvalue weighted by molar-refractivity contribution is 8.01. The topological polar surface area (TPSA) is 0 Å². The highest BCUT2D eigenvalue weighted by Crippen LogP contribution is 2.46. The molecule has 2 bridgehead atoms. The molecule has 0 unspecified atom stereocenters. The normalized spacial score (nSPS) is 50.7. The lowest BCUT2D eigenvalue weighted by Crippen LogP contribution is -2.24. The van der Waals surface area contributed by atoms with Gasteiger partial charge in [-0.15, -0.1) is 23.2 Å². The third-order valence-electron chi connectivity index (χ3n) is 2.59. The van der Waals surface area contributed by atoms with Crippen molar-refractivity contribution in [2.24, 2.45) is 0 Å². The maximum absolute atomic E-state index is 6.18. The van der Waals surface area contributed by atoms with Gasteiger partial charge in [-0.2, -0.15) is 11.8 Å². The van der Waals surface area contributed by atoms with Crippen molar-refractivity contribution >= 4 is 35.0 Å². The van der Waals surface area contributed by atoms with Gasteiger partial charge >= 0.3 is 0 Å². The quantitative estimate of drug-likeness (QED) is 0.554. The van der Waals surface area contributed by atoms with Crippen LogP contribution in [0.4, 0.5) is 0 Å². The van der Waals surface area contributed by atoms with Gasteiger partial charge in [-0.3, -0.25) is 0 Å². The highest BCUT2D eigenvalue weighted by atomic mass is 35.5. The molecule has 0 N–H and O–H groups in total. The molecule has 0 aromatic rings. The maximum Gasteiger partial charge on any atom is 0.0629 e. The number of alkyl halides is 2. The van der Waals surface area contributed by atoms with Gasteiger partial charge in [0.2, 0.25) is 0 Å². The molecule has 2 aliphatic rings. The van der Waals surface area contributed by atoms with Gasteiger partial charge in [0, 0.05) is 10.5 Å². The van der Waals surface area contributed by atoms with Crippen molar-refractivity contribution in [3.05, 3.63) is 0 Å². The molecule has 0 radical (unpaired) electrons. The molecule has 0 amide bonds. The second-order valence-corrected chi connectivity index (χ2v) is 5.88. The minimum absolute atomic E-state index is 0.229. The summed E-state index contributed by atoms with van der Waals surface area (Å²) in [5.41, 5.74) is 0. The molecule has 0 nitrogen and oxygen atoms in total. The van der Waals surface area contributed by atoms with Crippen molar-refractivity contribution in [2.75, 3.05) is 0 Å². The van der Waals surface area contributed by atoms with Crippen molar-refractivity contribution in [3.63, 3.8) is 0 Å². The fraction of sp³-hybridized carbons (Fsp3) is 1.00. The molecule has 0 aromatic heterocycles. The van der Waals surface area contributed by atoms with Gasteiger partial charge in [0.1, 0.15) is 0 Å². The van der Waals surface area contributed by atoms with Gasteiger partial charge in [-0.1, -0.05) is 12.8 Å². The predicted molar refractivity (Wildman–Crippen MR) is 52.9 cm³/mol. The zero-order valence-electron chi connectivity index (χ0n) is 6.30. The van der Waals surface area contributed by atoms with Crippen LogP contribution in [0.2, 0.25) is 0 Å². The summed E-state index contributed by atoms with van der Waals surface area (Å²) in [6, 6.07) is 0. The van der Waals surface area contributed by atoms with Crippen molar-refractivity contribution in [2.45, 2.75) is 46.9 Å². The van der Waals surface area contributed by atoms with Crippen LogP contribution < -0.4 is 0 Å². The van der Waals surface area contributed by atoms with Crippen LogP contribution in [0, 0.1) is 0 Å². The minimum Gasteiger partial charge on any atom is -0.152 e. The Bertz CT molecular complexity index is 135. The third-order valence-corrected chi connectivity index (χ3v) is 5.93. The molecule has 4 atom stereocenters. The molecule has 0 aromatic carbocycles. The van der Waals surface area contributed by atoms with E-state index in [0.717, 1.165) is 0 Å². The maximum atomic E-state index is 6.18. The van der Waals surface area contributed by atoms with Crippen LogP contribution in [0.1, 0.15) is 25.7 Å². The average Bonchev–Trinajstić information content (AvgIpc) is 2.31. The number of thioether (sulfide) groups is 1. The first-order valence-corrected chi connectivity index (χ1v) is 6.04. The van der Waals surface area contributed by atoms with E-state index in [0.29, 0.717) is 10.5 Å². The van der Waals surface area contributed by atoms with Gasteiger partial charge in [-0.25, -0.2) is 0 Å². The second kappa shape index (κ2) is 3.35. The summed E-state index contributed by atoms with van der Waals surface area (Å²) < 4.78 is 0. The molecule has 11 heavy (non-hydrogen) atoms. The predicted octanol–water partition coefficient (Wildman–Crippen LogP) is 3.26. The fourth-order valence-electron chi connectivity index (χ4n) is 1.93. The summed E-state index contributed by atoms with van der Waals surface area (Å²) in [4.78, 5) is 0. The van der Waals surface area contributed by atoms with Gasteiger partial charge in [-0.05, 0) is 12.8 Å². The Morgan fingerprint density at radius 3 is 1.82 bits per heavy atom. The SMILES string of the molecule is Cl[C@@H]1[C@@H](Cl)[C@H]2CCCC[C@H]1S2. The Morgan fingerprint density at radius 1 is 0.909 bits per heavy atom. The fourth-order valence-corrected chi connectivity index (χ4v) is 4.76. The summed E-state index contributed by atoms with van der Waals surface area (Å²) in [5, 5.41) is 1.75. The molecule has 0 saturated carbocycles. The average molecular weight is 211 g/mol. The van der Waals surface area contributed by atoms with E-state index in [2.05, 4.69) is 0 Å². The standard InChI is InChI=1S/C8H12Cl2S/c9-7-5-3-1-2-4-6(11-5)8(7)10/h5-8H,1-4H2/t5-,6-,7+,8+/m1/s1. The molecule has 2 aliphatic heterocycles. The number of rotatable bonds is 0. The summed E-state index contributed by atoms with van der Waals surface area (Å²) in [6.07, 6.45) is 5.25. The van der Waals surface area contributed by atoms with Crippen LogP contribution >= 0.6 is 35.0 Å². The summed E-state index contributed by atoms with van der Waals surface area (Å²) in [6.45, 7) is 0. The van der Waals surface area contributed by atoms with Crippen LogP contribution in [0.15, 0.2) is 0 Å². The first-order chi connectivity index (χ1) is 5.29. The highest BCUT2D eigenvalue weighted by Gasteiger charge is 2.42. The van der Waals surface area contributed by atoms with Gasteiger partial charge in [0.05, 0.1) is 10.8 Å². The molecule has 64 valence electrons. The van der Waals surface area contributed by atoms with E-state index < -0.39 is 0 Å². The van der Waals surface area contributed by atoms with E-state index in [-0.39, 0.29) is 10.8 Å². The Morgan fingerprint density at radius 2 is 1.36 bits per heavy atom. The Balaban J connectivity index is 2.10. The van der Waals surface area contributed by atoms with Crippen molar-refractivity contribution in [1.29, 1.82) is 0 Å². The molecule has 2 heterocycles. The summed E-state index contributed by atoms with van der Waals surface area (Å²) >= 11 is 14.4. The van der Waals surface area contributed by atoms with Crippen molar-refractivity contribution in [3.8, 4) is 0 Å². The zero-order chi connectivity index (χ0) is 7.84. The van der Waals surface area contributed by atoms with Crippen LogP contribution in [0.3, 0.4) is 0 Å². The van der Waals surface area contributed by atoms with Gasteiger partial charge in [0.15, 0.2) is 0 Å². The molecule has 3 heteroatoms. The number of hydrogen-bond donors (Lipinski definition) is 0. The van der Waals surface area contributed by atoms with Crippen LogP contribution in [0.25, 0.3) is 0 Å². The second-order valence-electron chi connectivity index (χ2n) is 3.39. The molecule has 2 rings (SSSR count). The van der Waals surface area contributed by atoms with E-state index in [4.69, 9.17) is 23.2 Å². The van der Waals surface area contributed by atoms with Crippen LogP contribution in [-0.2, 0) is 0 Å². The van der Waals surface area contributed by atoms with Crippen LogP contribution in [-0.4, -0.2) is 21.3 Å². The summed E-state index contributed by atoms with van der Waals surface area (Å²) in [7, 11) is 0. The van der Waals surface area contributed by atoms with Crippen molar-refractivity contribution in [1.82, 2.24) is 0 Å². The van der Waals surface area contributed by atoms with E-state index in [9.17, 15) is 0 Å². The molecule has 2 fully saturated rings. The molecule has 0 spiro atoms. The first-order valence-electron chi connectivity index (χ1n) is 4.22. The third kappa shape index (κ3) is 1.52. The van der Waals surface area contributed by atoms with Crippen molar-refractivity contribution < 1.29 is 0 Å². The van der Waals surface area contributed by atoms with E-state index in [1.165, 1.54) is 25.7 Å². The van der Waals surface area contributed by atoms with E-state index in [1.807, 2.05) is 11.8 Å². The Hall–Kier alpha value is 0.930. The molecular formula is C8H12Cl2S. The lowest BCUT2D eigenvalue weighted by atomic mass is 10.0. The lowest BCUT2D eigenvalue weighted by molar-refractivity contribution is 0.565. The monoisotopic (exact) mass is 210 g/mol. The Labute approximate surface area is 82.0 Å². The van der Waals surface area contributed by atoms with Gasteiger partial charge in [0.25, 0.3) is 0 Å². The lowest BCUT2D eigenvalue weighted by Gasteiger charge is -2.16. The number of hydrogen-bond acceptors (Lipinski definition) is 1. The Kier molecular flexibility index (Phi) is 2.60. The molecule has 2 saturated heterocycles. The summed E-state index contributed by atoms with van der Waals surface area (Å²) in [5.74, 6) is 0. The van der Waals surface area contributed by atoms with Gasteiger partial charge < -0.3 is 0 Å². The van der Waals surface area contributed by atoms with Crippen LogP contribution in [0.5, 0.6) is 0 Å². The van der Waals surface area contributed by atoms with E-state index in [1.54, 1.807) is 0 Å². The largest absolute Gasteiger partial charge is 0.152 e. The smallest absolute Gasteiger partial charge is 0.0629 e. The number of fused-ring (bicyclic) bond motifs is 2. The minimum atomic E-state index is 0.229. The first kappa shape index (κ1) is 8.52. The zero-order valence-corrected chi connectivity index (χ0v) is 8.63. The molecule has 0 aliphatic carbocycles. The molecular weight excluding hydrogens is 199 g/mol.